The second-order valence-corrected chi connectivity index (χ2v) is 18.2. The molecule has 2 aliphatic heterocycles. The highest BCUT2D eigenvalue weighted by atomic mass is 19.4. The van der Waals surface area contributed by atoms with Gasteiger partial charge in [0, 0.05) is 26.2 Å². The number of aliphatic hydroxyl groups excluding tert-OH is 2. The molecule has 4 heterocycles. The van der Waals surface area contributed by atoms with Gasteiger partial charge in [-0.25, -0.2) is 19.0 Å². The van der Waals surface area contributed by atoms with Crippen molar-refractivity contribution < 1.29 is 91.9 Å². The van der Waals surface area contributed by atoms with Crippen molar-refractivity contribution in [3.63, 3.8) is 0 Å². The number of benzene rings is 4. The molecular formula is C51H46F12N8O8. The number of carboxylic acids is 1. The van der Waals surface area contributed by atoms with Crippen molar-refractivity contribution >= 4 is 35.4 Å². The fourth-order valence-corrected chi connectivity index (χ4v) is 8.94. The zero-order chi connectivity index (χ0) is 58.1. The largest absolute Gasteiger partial charge is 0.478 e. The molecule has 0 spiro atoms. The first kappa shape index (κ1) is 58.5. The van der Waals surface area contributed by atoms with Gasteiger partial charge in [-0.2, -0.15) is 62.9 Å². The van der Waals surface area contributed by atoms with Crippen LogP contribution in [-0.2, 0) is 42.5 Å². The Bertz CT molecular complexity index is 3210. The number of alkyl halides is 12. The number of amides is 2. The van der Waals surface area contributed by atoms with E-state index in [-0.39, 0.29) is 60.1 Å². The van der Waals surface area contributed by atoms with Crippen LogP contribution < -0.4 is 20.4 Å². The van der Waals surface area contributed by atoms with E-state index in [9.17, 15) is 82.1 Å². The number of esters is 1. The van der Waals surface area contributed by atoms with Gasteiger partial charge in [0.2, 0.25) is 0 Å². The molecule has 0 saturated heterocycles. The number of halogens is 12. The fourth-order valence-electron chi connectivity index (χ4n) is 8.94. The van der Waals surface area contributed by atoms with E-state index < -0.39 is 119 Å². The van der Waals surface area contributed by atoms with E-state index in [4.69, 9.17) is 5.11 Å². The monoisotopic (exact) mass is 1130 g/mol. The smallest absolute Gasteiger partial charge is 0.436 e. The molecule has 79 heavy (non-hydrogen) atoms. The highest BCUT2D eigenvalue weighted by Crippen LogP contribution is 2.44. The quantitative estimate of drug-likeness (QED) is 0.0511. The number of aliphatic hydroxyl groups is 2. The van der Waals surface area contributed by atoms with E-state index in [1.165, 1.54) is 104 Å². The summed E-state index contributed by atoms with van der Waals surface area (Å²) in [7, 11) is 1.21. The number of ether oxygens (including phenoxy) is 1. The van der Waals surface area contributed by atoms with Crippen molar-refractivity contribution in [1.29, 1.82) is 0 Å². The number of aromatic nitrogens is 4. The molecule has 4 atom stereocenters. The maximum atomic E-state index is 14.0. The minimum absolute atomic E-state index is 0.0219. The minimum Gasteiger partial charge on any atom is -0.478 e. The standard InChI is InChI=1S/C26H24F6N4O4.C25H22F6N4O4/c1-14(16-6-8-17(9-7-16)24(39)40-2)33-22(38)20-21(26(30,31)32)34-36-19(13-37)12-35(23(20)36)11-15-4-3-5-18(10-15)25(27,28)29;1-13(15-5-7-16(8-6-15)23(38)39)32-21(37)19-20(25(29,30)31)33-35-18(12-36)11-34(22(19)35)10-14-3-2-4-17(9-14)24(26,27)28/h3-10,14,19,37H,11-13H2,1-2H3,(H,33,38);2-9,13,18,36H,10-12H2,1H3,(H,32,37)(H,38,39)/t14-,19-;13-,18-/m00/s1. The van der Waals surface area contributed by atoms with Crippen LogP contribution in [0.4, 0.5) is 64.3 Å². The van der Waals surface area contributed by atoms with Crippen LogP contribution in [0.3, 0.4) is 0 Å². The topological polar surface area (TPSA) is 204 Å². The summed E-state index contributed by atoms with van der Waals surface area (Å²) in [5.41, 5.74) is -5.13. The number of nitrogens with zero attached hydrogens (tertiary/aromatic N) is 6. The SMILES string of the molecule is COC(=O)c1ccc([C@H](C)NC(=O)c2c(C(F)(F)F)nn3c2N(Cc2cccc(C(F)(F)F)c2)C[C@H]3CO)cc1.C[C@H](NC(=O)c1c(C(F)(F)F)nn2c1N(Cc1cccc(C(F)(F)F)c1)C[C@H]2CO)c1ccc(C(=O)O)cc1. The molecule has 8 rings (SSSR count). The zero-order valence-corrected chi connectivity index (χ0v) is 41.4. The molecule has 16 nitrogen and oxygen atoms in total. The van der Waals surface area contributed by atoms with Crippen molar-refractivity contribution in [2.75, 3.05) is 43.2 Å². The Morgan fingerprint density at radius 3 is 1.27 bits per heavy atom. The van der Waals surface area contributed by atoms with E-state index in [0.29, 0.717) is 11.1 Å². The first-order chi connectivity index (χ1) is 36.9. The van der Waals surface area contributed by atoms with Crippen LogP contribution in [0.2, 0.25) is 0 Å². The van der Waals surface area contributed by atoms with Crippen LogP contribution >= 0.6 is 0 Å². The molecule has 0 unspecified atom stereocenters. The van der Waals surface area contributed by atoms with E-state index in [0.717, 1.165) is 33.6 Å². The number of carbonyl (C=O) groups is 4. The Morgan fingerprint density at radius 1 is 0.582 bits per heavy atom. The van der Waals surface area contributed by atoms with Crippen molar-refractivity contribution in [3.8, 4) is 0 Å². The van der Waals surface area contributed by atoms with Crippen molar-refractivity contribution in [2.45, 2.75) is 75.8 Å². The number of rotatable bonds is 14. The number of aromatic carboxylic acids is 1. The first-order valence-electron chi connectivity index (χ1n) is 23.5. The molecule has 0 radical (unpaired) electrons. The molecule has 0 saturated carbocycles. The lowest BCUT2D eigenvalue weighted by Crippen LogP contribution is -2.31. The average Bonchev–Trinajstić information content (AvgIpc) is 4.38. The molecule has 5 N–H and O–H groups in total. The Labute approximate surface area is 439 Å². The Morgan fingerprint density at radius 2 is 0.949 bits per heavy atom. The molecule has 4 aromatic carbocycles. The third-order valence-corrected chi connectivity index (χ3v) is 12.8. The number of methoxy groups -OCH3 is 1. The third kappa shape index (κ3) is 12.9. The summed E-state index contributed by atoms with van der Waals surface area (Å²) < 4.78 is 170. The number of nitrogens with one attached hydrogen (secondary N) is 2. The molecule has 0 bridgehead atoms. The summed E-state index contributed by atoms with van der Waals surface area (Å²) in [4.78, 5) is 51.9. The fraction of sp³-hybridized carbons (Fsp3) is 0.333. The summed E-state index contributed by atoms with van der Waals surface area (Å²) in [5.74, 6) is -4.59. The van der Waals surface area contributed by atoms with Gasteiger partial charge >= 0.3 is 36.6 Å². The maximum Gasteiger partial charge on any atom is 0.436 e. The number of hydrogen-bond acceptors (Lipinski definition) is 11. The van der Waals surface area contributed by atoms with Gasteiger partial charge in [0.25, 0.3) is 11.8 Å². The van der Waals surface area contributed by atoms with Crippen LogP contribution in [-0.4, -0.2) is 92.0 Å². The Hall–Kier alpha value is -8.14. The molecule has 2 amide bonds. The predicted molar refractivity (Wildman–Crippen MR) is 255 cm³/mol. The van der Waals surface area contributed by atoms with Gasteiger partial charge in [-0.05, 0) is 84.6 Å². The molecule has 6 aromatic rings. The molecule has 2 aromatic heterocycles. The lowest BCUT2D eigenvalue weighted by molar-refractivity contribution is -0.142. The van der Waals surface area contributed by atoms with Gasteiger partial charge in [0.15, 0.2) is 11.4 Å². The molecular weight excluding hydrogens is 1080 g/mol. The van der Waals surface area contributed by atoms with E-state index in [2.05, 4.69) is 25.6 Å². The number of anilines is 2. The molecule has 0 aliphatic carbocycles. The van der Waals surface area contributed by atoms with Gasteiger partial charge < -0.3 is 40.5 Å². The Balaban J connectivity index is 0.000000229. The van der Waals surface area contributed by atoms with Gasteiger partial charge in [0.1, 0.15) is 22.8 Å². The lowest BCUT2D eigenvalue weighted by atomic mass is 10.1. The molecule has 2 aliphatic rings. The van der Waals surface area contributed by atoms with Crippen molar-refractivity contribution in [2.24, 2.45) is 0 Å². The zero-order valence-electron chi connectivity index (χ0n) is 41.4. The van der Waals surface area contributed by atoms with E-state index >= 15 is 0 Å². The van der Waals surface area contributed by atoms with Crippen molar-refractivity contribution in [3.05, 3.63) is 164 Å². The number of carbonyl (C=O) groups excluding carboxylic acids is 3. The van der Waals surface area contributed by atoms with E-state index in [1.54, 1.807) is 0 Å². The van der Waals surface area contributed by atoms with Gasteiger partial charge in [0.05, 0.1) is 66.7 Å². The van der Waals surface area contributed by atoms with Crippen LogP contribution in [0.5, 0.6) is 0 Å². The summed E-state index contributed by atoms with van der Waals surface area (Å²) >= 11 is 0. The second-order valence-electron chi connectivity index (χ2n) is 18.2. The predicted octanol–water partition coefficient (Wildman–Crippen LogP) is 9.42. The first-order valence-corrected chi connectivity index (χ1v) is 23.5. The highest BCUT2D eigenvalue weighted by molar-refractivity contribution is 6.02. The van der Waals surface area contributed by atoms with Crippen LogP contribution in [0, 0.1) is 0 Å². The molecule has 28 heteroatoms. The third-order valence-electron chi connectivity index (χ3n) is 12.8. The van der Waals surface area contributed by atoms with Gasteiger partial charge in [-0.3, -0.25) is 9.59 Å². The van der Waals surface area contributed by atoms with Crippen LogP contribution in [0.25, 0.3) is 0 Å². The normalized spacial score (nSPS) is 16.1. The average molecular weight is 1130 g/mol. The summed E-state index contributed by atoms with van der Waals surface area (Å²) in [5, 5.41) is 40.8. The number of hydrogen-bond donors (Lipinski definition) is 5. The van der Waals surface area contributed by atoms with Gasteiger partial charge in [-0.1, -0.05) is 48.5 Å². The maximum absolute atomic E-state index is 14.0. The minimum atomic E-state index is -5.06. The summed E-state index contributed by atoms with van der Waals surface area (Å²) in [6, 6.07) is 16.2. The number of carboxylic acid groups (broad SMARTS) is 1. The van der Waals surface area contributed by atoms with Gasteiger partial charge in [-0.15, -0.1) is 0 Å². The number of fused-ring (bicyclic) bond motifs is 2. The van der Waals surface area contributed by atoms with Crippen LogP contribution in [0.15, 0.2) is 97.1 Å². The molecule has 422 valence electrons. The lowest BCUT2D eigenvalue weighted by Gasteiger charge is -2.22. The second kappa shape index (κ2) is 22.7. The van der Waals surface area contributed by atoms with Crippen molar-refractivity contribution in [1.82, 2.24) is 30.2 Å². The summed E-state index contributed by atoms with van der Waals surface area (Å²) in [6.45, 7) is 1.04. The molecule has 0 fully saturated rings. The van der Waals surface area contributed by atoms with Crippen LogP contribution in [0.1, 0.15) is 124 Å². The summed E-state index contributed by atoms with van der Waals surface area (Å²) in [6.07, 6.45) is -19.4. The Kier molecular flexibility index (Phi) is 16.8. The highest BCUT2D eigenvalue weighted by Gasteiger charge is 2.48. The van der Waals surface area contributed by atoms with E-state index in [1.807, 2.05) is 0 Å².